The molecule has 7 nitrogen and oxygen atoms in total. The Morgan fingerprint density at radius 2 is 1.73 bits per heavy atom. The number of pyridine rings is 1. The molecular formula is C19H13BrF2N2O5S. The largest absolute Gasteiger partial charge is 0.465 e. The number of carbonyl (C=O) groups excluding carboxylic acids is 1. The minimum atomic E-state index is -4.27. The number of nitrogens with zero attached hydrogens (tertiary/aromatic N) is 1. The molecule has 0 atom stereocenters. The first-order chi connectivity index (χ1) is 14.1. The number of carbonyl (C=O) groups is 1. The lowest BCUT2D eigenvalue weighted by molar-refractivity contribution is 0.0595. The molecule has 156 valence electrons. The molecule has 0 radical (unpaired) electrons. The van der Waals surface area contributed by atoms with Crippen molar-refractivity contribution in [1.29, 1.82) is 0 Å². The molecule has 11 heteroatoms. The van der Waals surface area contributed by atoms with Crippen molar-refractivity contribution in [2.75, 3.05) is 11.8 Å². The quantitative estimate of drug-likeness (QED) is 0.543. The summed E-state index contributed by atoms with van der Waals surface area (Å²) in [5.74, 6) is -3.40. The van der Waals surface area contributed by atoms with Crippen molar-refractivity contribution in [3.8, 4) is 5.69 Å². The Morgan fingerprint density at radius 3 is 2.33 bits per heavy atom. The normalized spacial score (nSPS) is 11.2. The first-order valence-electron chi connectivity index (χ1n) is 8.21. The zero-order valence-corrected chi connectivity index (χ0v) is 17.6. The van der Waals surface area contributed by atoms with Crippen molar-refractivity contribution in [3.05, 3.63) is 86.8 Å². The van der Waals surface area contributed by atoms with Crippen molar-refractivity contribution in [1.82, 2.24) is 4.57 Å². The molecule has 0 aliphatic heterocycles. The van der Waals surface area contributed by atoms with Gasteiger partial charge < -0.3 is 4.74 Å². The number of rotatable bonds is 5. The maximum atomic E-state index is 14.2. The van der Waals surface area contributed by atoms with Crippen molar-refractivity contribution in [2.45, 2.75) is 4.90 Å². The van der Waals surface area contributed by atoms with Crippen LogP contribution in [0, 0.1) is 11.6 Å². The predicted molar refractivity (Wildman–Crippen MR) is 108 cm³/mol. The van der Waals surface area contributed by atoms with E-state index in [4.69, 9.17) is 0 Å². The number of esters is 1. The summed E-state index contributed by atoms with van der Waals surface area (Å²) in [6, 6.07) is 9.29. The summed E-state index contributed by atoms with van der Waals surface area (Å²) in [7, 11) is -3.27. The molecular weight excluding hydrogens is 486 g/mol. The van der Waals surface area contributed by atoms with Crippen LogP contribution in [0.2, 0.25) is 0 Å². The standard InChI is InChI=1S/C19H13BrF2N2O5S/c1-29-19(26)14-9-16(22)17(10-15(14)21)23-30(27,28)13-4-2-12(3-5-13)24-7-6-11(20)8-18(24)25/h2-10,23H,1H3. The van der Waals surface area contributed by atoms with Gasteiger partial charge in [-0.3, -0.25) is 14.1 Å². The first kappa shape index (κ1) is 21.7. The minimum absolute atomic E-state index is 0.242. The van der Waals surface area contributed by atoms with Crippen LogP contribution in [0.1, 0.15) is 10.4 Å². The molecule has 1 N–H and O–H groups in total. The average molecular weight is 499 g/mol. The van der Waals surface area contributed by atoms with Crippen LogP contribution >= 0.6 is 15.9 Å². The minimum Gasteiger partial charge on any atom is -0.465 e. The molecule has 0 saturated heterocycles. The lowest BCUT2D eigenvalue weighted by Gasteiger charge is -2.11. The summed E-state index contributed by atoms with van der Waals surface area (Å²) < 4.78 is 61.4. The van der Waals surface area contributed by atoms with Crippen molar-refractivity contribution in [3.63, 3.8) is 0 Å². The van der Waals surface area contributed by atoms with Crippen molar-refractivity contribution in [2.24, 2.45) is 0 Å². The number of hydrogen-bond donors (Lipinski definition) is 1. The highest BCUT2D eigenvalue weighted by Gasteiger charge is 2.21. The molecule has 0 bridgehead atoms. The van der Waals surface area contributed by atoms with Crippen LogP contribution in [0.25, 0.3) is 5.69 Å². The molecule has 3 rings (SSSR count). The van der Waals surface area contributed by atoms with Crippen LogP contribution in [-0.4, -0.2) is 26.1 Å². The van der Waals surface area contributed by atoms with Crippen LogP contribution in [0.3, 0.4) is 0 Å². The van der Waals surface area contributed by atoms with Crippen LogP contribution in [-0.2, 0) is 14.8 Å². The van der Waals surface area contributed by atoms with E-state index in [9.17, 15) is 26.8 Å². The van der Waals surface area contributed by atoms with Gasteiger partial charge in [0.05, 0.1) is 23.3 Å². The van der Waals surface area contributed by atoms with Gasteiger partial charge in [-0.15, -0.1) is 0 Å². The molecule has 0 aliphatic rings. The molecule has 0 spiro atoms. The number of anilines is 1. The molecule has 1 heterocycles. The van der Waals surface area contributed by atoms with E-state index < -0.39 is 38.9 Å². The van der Waals surface area contributed by atoms with Gasteiger partial charge in [0.15, 0.2) is 0 Å². The Labute approximate surface area is 178 Å². The third-order valence-corrected chi connectivity index (χ3v) is 5.89. The molecule has 0 saturated carbocycles. The molecule has 0 aliphatic carbocycles. The lowest BCUT2D eigenvalue weighted by Crippen LogP contribution is -2.17. The Kier molecular flexibility index (Phi) is 6.04. The van der Waals surface area contributed by atoms with Crippen LogP contribution < -0.4 is 10.3 Å². The highest BCUT2D eigenvalue weighted by Crippen LogP contribution is 2.24. The second-order valence-electron chi connectivity index (χ2n) is 5.96. The Balaban J connectivity index is 1.90. The number of ether oxygens (including phenoxy) is 1. The number of halogens is 3. The number of methoxy groups -OCH3 is 1. The molecule has 1 aromatic heterocycles. The number of hydrogen-bond acceptors (Lipinski definition) is 5. The Bertz CT molecular complexity index is 1290. The van der Waals surface area contributed by atoms with Gasteiger partial charge in [-0.1, -0.05) is 15.9 Å². The number of aromatic nitrogens is 1. The van der Waals surface area contributed by atoms with Crippen LogP contribution in [0.15, 0.2) is 68.9 Å². The lowest BCUT2D eigenvalue weighted by atomic mass is 10.2. The highest BCUT2D eigenvalue weighted by atomic mass is 79.9. The molecule has 0 fully saturated rings. The molecule has 30 heavy (non-hydrogen) atoms. The summed E-state index contributed by atoms with van der Waals surface area (Å²) in [5, 5.41) is 0. The van der Waals surface area contributed by atoms with Gasteiger partial charge >= 0.3 is 5.97 Å². The SMILES string of the molecule is COC(=O)c1cc(F)c(NS(=O)(=O)c2ccc(-n3ccc(Br)cc3=O)cc2)cc1F. The fourth-order valence-electron chi connectivity index (χ4n) is 2.55. The zero-order chi connectivity index (χ0) is 22.1. The van der Waals surface area contributed by atoms with Gasteiger partial charge in [0.2, 0.25) is 0 Å². The van der Waals surface area contributed by atoms with Crippen LogP contribution in [0.5, 0.6) is 0 Å². The maximum Gasteiger partial charge on any atom is 0.340 e. The fourth-order valence-corrected chi connectivity index (χ4v) is 3.92. The number of sulfonamides is 1. The maximum absolute atomic E-state index is 14.2. The monoisotopic (exact) mass is 498 g/mol. The Morgan fingerprint density at radius 1 is 1.07 bits per heavy atom. The van der Waals surface area contributed by atoms with Gasteiger partial charge in [0.1, 0.15) is 11.6 Å². The molecule has 3 aromatic rings. The third-order valence-electron chi connectivity index (χ3n) is 4.01. The first-order valence-corrected chi connectivity index (χ1v) is 10.5. The predicted octanol–water partition coefficient (Wildman–Crippen LogP) is 3.47. The van der Waals surface area contributed by atoms with Gasteiger partial charge in [-0.25, -0.2) is 22.0 Å². The smallest absolute Gasteiger partial charge is 0.340 e. The van der Waals surface area contributed by atoms with Gasteiger partial charge in [0, 0.05) is 28.5 Å². The van der Waals surface area contributed by atoms with E-state index in [-0.39, 0.29) is 10.5 Å². The number of benzene rings is 2. The van der Waals surface area contributed by atoms with Gasteiger partial charge in [-0.05, 0) is 36.4 Å². The summed E-state index contributed by atoms with van der Waals surface area (Å²) in [5.41, 5.74) is -1.26. The summed E-state index contributed by atoms with van der Waals surface area (Å²) in [4.78, 5) is 23.2. The van der Waals surface area contributed by atoms with E-state index in [0.717, 1.165) is 7.11 Å². The van der Waals surface area contributed by atoms with Crippen molar-refractivity contribution < 1.29 is 26.7 Å². The van der Waals surface area contributed by atoms with Crippen LogP contribution in [0.4, 0.5) is 14.5 Å². The van der Waals surface area contributed by atoms with E-state index in [1.54, 1.807) is 6.07 Å². The van der Waals surface area contributed by atoms with Gasteiger partial charge in [-0.2, -0.15) is 0 Å². The molecule has 0 amide bonds. The van der Waals surface area contributed by atoms with Gasteiger partial charge in [0.25, 0.3) is 15.6 Å². The molecule has 2 aromatic carbocycles. The fraction of sp³-hybridized carbons (Fsp3) is 0.0526. The number of nitrogens with one attached hydrogen (secondary N) is 1. The Hall–Kier alpha value is -3.05. The van der Waals surface area contributed by atoms with E-state index >= 15 is 0 Å². The third kappa shape index (κ3) is 4.41. The van der Waals surface area contributed by atoms with E-state index in [1.165, 1.54) is 41.1 Å². The topological polar surface area (TPSA) is 94.5 Å². The van der Waals surface area contributed by atoms with E-state index in [0.29, 0.717) is 22.3 Å². The van der Waals surface area contributed by atoms with E-state index in [1.807, 2.05) is 4.72 Å². The average Bonchev–Trinajstić information content (AvgIpc) is 2.70. The summed E-state index contributed by atoms with van der Waals surface area (Å²) >= 11 is 3.18. The second-order valence-corrected chi connectivity index (χ2v) is 8.55. The van der Waals surface area contributed by atoms with Crippen molar-refractivity contribution >= 4 is 37.6 Å². The van der Waals surface area contributed by atoms with E-state index in [2.05, 4.69) is 20.7 Å². The highest BCUT2D eigenvalue weighted by molar-refractivity contribution is 9.10. The summed E-state index contributed by atoms with van der Waals surface area (Å²) in [6.07, 6.45) is 1.51. The zero-order valence-electron chi connectivity index (χ0n) is 15.2. The second kappa shape index (κ2) is 8.36. The molecule has 0 unspecified atom stereocenters. The summed E-state index contributed by atoms with van der Waals surface area (Å²) in [6.45, 7) is 0.